The topological polar surface area (TPSA) is 133 Å². The van der Waals surface area contributed by atoms with Gasteiger partial charge in [-0.05, 0) is 18.1 Å². The number of nitrogens with zero attached hydrogens (tertiary/aromatic N) is 3. The second kappa shape index (κ2) is 9.61. The number of nitrogens with one attached hydrogen (secondary N) is 2. The number of aryl methyl sites for hydroxylation is 1. The summed E-state index contributed by atoms with van der Waals surface area (Å²) in [4.78, 5) is 25.0. The zero-order chi connectivity index (χ0) is 22.4. The molecule has 0 unspecified atom stereocenters. The number of para-hydroxylation sites is 1. The summed E-state index contributed by atoms with van der Waals surface area (Å²) < 4.78 is 11.5. The number of nitrogens with two attached hydrogens (primary N) is 1. The minimum atomic E-state index is -0.573. The van der Waals surface area contributed by atoms with Gasteiger partial charge in [0, 0.05) is 29.6 Å². The van der Waals surface area contributed by atoms with E-state index in [-0.39, 0.29) is 24.0 Å². The summed E-state index contributed by atoms with van der Waals surface area (Å²) in [6, 6.07) is 12.4. The zero-order valence-corrected chi connectivity index (χ0v) is 17.5. The predicted octanol–water partition coefficient (Wildman–Crippen LogP) is 2.33. The van der Waals surface area contributed by atoms with Crippen LogP contribution in [-0.4, -0.2) is 41.0 Å². The standard InChI is InChI=1S/C21H24N6O4/c1-4-13-7-5-6-8-17(13)24-18(28)12-27-20(22)19(25-26-27)21(29)23-14-9-15(30-2)11-16(10-14)31-3/h5-11H,4,12,22H2,1-3H3,(H,23,29)(H,24,28). The fourth-order valence-corrected chi connectivity index (χ4v) is 2.95. The summed E-state index contributed by atoms with van der Waals surface area (Å²) in [5.41, 5.74) is 8.09. The lowest BCUT2D eigenvalue weighted by Gasteiger charge is -2.10. The van der Waals surface area contributed by atoms with Crippen molar-refractivity contribution < 1.29 is 19.1 Å². The van der Waals surface area contributed by atoms with Gasteiger partial charge in [0.15, 0.2) is 11.5 Å². The number of aromatic nitrogens is 3. The summed E-state index contributed by atoms with van der Waals surface area (Å²) in [6.07, 6.45) is 0.779. The van der Waals surface area contributed by atoms with Crippen LogP contribution < -0.4 is 25.8 Å². The molecule has 0 aliphatic carbocycles. The molecule has 0 spiro atoms. The van der Waals surface area contributed by atoms with Crippen molar-refractivity contribution >= 4 is 29.0 Å². The molecular formula is C21H24N6O4. The SMILES string of the molecule is CCc1ccccc1NC(=O)Cn1nnc(C(=O)Nc2cc(OC)cc(OC)c2)c1N. The number of carbonyl (C=O) groups excluding carboxylic acids is 2. The monoisotopic (exact) mass is 424 g/mol. The predicted molar refractivity (Wildman–Crippen MR) is 116 cm³/mol. The van der Waals surface area contributed by atoms with Crippen LogP contribution in [0.4, 0.5) is 17.2 Å². The molecule has 3 rings (SSSR count). The highest BCUT2D eigenvalue weighted by Crippen LogP contribution is 2.26. The molecule has 3 aromatic rings. The Morgan fingerprint density at radius 3 is 2.39 bits per heavy atom. The molecule has 0 fully saturated rings. The fourth-order valence-electron chi connectivity index (χ4n) is 2.95. The molecule has 2 aromatic carbocycles. The number of hydrogen-bond donors (Lipinski definition) is 3. The maximum atomic E-state index is 12.6. The number of nitrogen functional groups attached to an aromatic ring is 1. The van der Waals surface area contributed by atoms with Crippen molar-refractivity contribution in [2.75, 3.05) is 30.6 Å². The second-order valence-electron chi connectivity index (χ2n) is 6.60. The van der Waals surface area contributed by atoms with Gasteiger partial charge >= 0.3 is 0 Å². The lowest BCUT2D eigenvalue weighted by molar-refractivity contribution is -0.116. The number of hydrogen-bond acceptors (Lipinski definition) is 7. The molecule has 31 heavy (non-hydrogen) atoms. The van der Waals surface area contributed by atoms with Gasteiger partial charge in [0.05, 0.1) is 14.2 Å². The van der Waals surface area contributed by atoms with E-state index in [0.29, 0.717) is 17.2 Å². The second-order valence-corrected chi connectivity index (χ2v) is 6.60. The van der Waals surface area contributed by atoms with Crippen molar-refractivity contribution in [3.8, 4) is 11.5 Å². The summed E-state index contributed by atoms with van der Waals surface area (Å²) >= 11 is 0. The van der Waals surface area contributed by atoms with Crippen molar-refractivity contribution in [1.82, 2.24) is 15.0 Å². The van der Waals surface area contributed by atoms with E-state index in [1.807, 2.05) is 31.2 Å². The van der Waals surface area contributed by atoms with Crippen LogP contribution >= 0.6 is 0 Å². The Hall–Kier alpha value is -4.08. The molecule has 4 N–H and O–H groups in total. The largest absolute Gasteiger partial charge is 0.497 e. The molecule has 10 nitrogen and oxygen atoms in total. The molecule has 162 valence electrons. The van der Waals surface area contributed by atoms with Crippen LogP contribution in [-0.2, 0) is 17.8 Å². The first-order valence-electron chi connectivity index (χ1n) is 9.56. The van der Waals surface area contributed by atoms with Gasteiger partial charge in [0.1, 0.15) is 18.0 Å². The summed E-state index contributed by atoms with van der Waals surface area (Å²) in [5.74, 6) is 0.0923. The maximum absolute atomic E-state index is 12.6. The van der Waals surface area contributed by atoms with E-state index in [4.69, 9.17) is 15.2 Å². The molecule has 0 atom stereocenters. The quantitative estimate of drug-likeness (QED) is 0.505. The van der Waals surface area contributed by atoms with Crippen LogP contribution in [0, 0.1) is 0 Å². The Morgan fingerprint density at radius 2 is 1.74 bits per heavy atom. The van der Waals surface area contributed by atoms with Gasteiger partial charge in [-0.15, -0.1) is 5.10 Å². The minimum Gasteiger partial charge on any atom is -0.497 e. The average Bonchev–Trinajstić information content (AvgIpc) is 3.13. The molecular weight excluding hydrogens is 400 g/mol. The Balaban J connectivity index is 1.71. The summed E-state index contributed by atoms with van der Waals surface area (Å²) in [6.45, 7) is 1.82. The first-order valence-corrected chi connectivity index (χ1v) is 9.56. The summed E-state index contributed by atoms with van der Waals surface area (Å²) in [7, 11) is 3.02. The zero-order valence-electron chi connectivity index (χ0n) is 17.5. The first kappa shape index (κ1) is 21.6. The van der Waals surface area contributed by atoms with Crippen molar-refractivity contribution in [1.29, 1.82) is 0 Å². The van der Waals surface area contributed by atoms with E-state index in [9.17, 15) is 9.59 Å². The first-order chi connectivity index (χ1) is 14.9. The molecule has 0 radical (unpaired) electrons. The summed E-state index contributed by atoms with van der Waals surface area (Å²) in [5, 5.41) is 13.2. The number of amides is 2. The lowest BCUT2D eigenvalue weighted by Crippen LogP contribution is -2.22. The Labute approximate surface area is 179 Å². The van der Waals surface area contributed by atoms with Crippen molar-refractivity contribution in [3.05, 3.63) is 53.7 Å². The van der Waals surface area contributed by atoms with Gasteiger partial charge in [-0.2, -0.15) is 0 Å². The van der Waals surface area contributed by atoms with Crippen LogP contribution in [0.25, 0.3) is 0 Å². The van der Waals surface area contributed by atoms with E-state index >= 15 is 0 Å². The van der Waals surface area contributed by atoms with E-state index in [0.717, 1.165) is 17.7 Å². The number of rotatable bonds is 8. The number of benzene rings is 2. The molecule has 0 aliphatic heterocycles. The molecule has 1 aromatic heterocycles. The average molecular weight is 424 g/mol. The molecule has 1 heterocycles. The van der Waals surface area contributed by atoms with E-state index in [1.165, 1.54) is 18.9 Å². The van der Waals surface area contributed by atoms with Crippen LogP contribution in [0.1, 0.15) is 23.0 Å². The van der Waals surface area contributed by atoms with Gasteiger partial charge in [-0.25, -0.2) is 4.68 Å². The smallest absolute Gasteiger partial charge is 0.280 e. The van der Waals surface area contributed by atoms with Crippen LogP contribution in [0.3, 0.4) is 0 Å². The van der Waals surface area contributed by atoms with Gasteiger partial charge in [0.2, 0.25) is 5.91 Å². The molecule has 0 saturated heterocycles. The van der Waals surface area contributed by atoms with E-state index in [1.54, 1.807) is 18.2 Å². The number of ether oxygens (including phenoxy) is 2. The van der Waals surface area contributed by atoms with Gasteiger partial charge in [0.25, 0.3) is 5.91 Å². The van der Waals surface area contributed by atoms with Crippen LogP contribution in [0.5, 0.6) is 11.5 Å². The molecule has 2 amide bonds. The van der Waals surface area contributed by atoms with Crippen molar-refractivity contribution in [2.24, 2.45) is 0 Å². The highest BCUT2D eigenvalue weighted by atomic mass is 16.5. The molecule has 10 heteroatoms. The number of carbonyl (C=O) groups is 2. The fraction of sp³-hybridized carbons (Fsp3) is 0.238. The molecule has 0 bridgehead atoms. The number of methoxy groups -OCH3 is 2. The van der Waals surface area contributed by atoms with Crippen LogP contribution in [0.2, 0.25) is 0 Å². The van der Waals surface area contributed by atoms with E-state index in [2.05, 4.69) is 20.9 Å². The minimum absolute atomic E-state index is 0.0220. The molecule has 0 saturated carbocycles. The lowest BCUT2D eigenvalue weighted by atomic mass is 10.1. The Kier molecular flexibility index (Phi) is 6.71. The van der Waals surface area contributed by atoms with Crippen LogP contribution in [0.15, 0.2) is 42.5 Å². The van der Waals surface area contributed by atoms with E-state index < -0.39 is 5.91 Å². The van der Waals surface area contributed by atoms with Gasteiger partial charge < -0.3 is 25.8 Å². The van der Waals surface area contributed by atoms with Crippen molar-refractivity contribution in [3.63, 3.8) is 0 Å². The third kappa shape index (κ3) is 5.10. The normalized spacial score (nSPS) is 10.4. The Bertz CT molecular complexity index is 1070. The highest BCUT2D eigenvalue weighted by Gasteiger charge is 2.20. The third-order valence-corrected chi connectivity index (χ3v) is 4.56. The molecule has 0 aliphatic rings. The Morgan fingerprint density at radius 1 is 1.06 bits per heavy atom. The van der Waals surface area contributed by atoms with Crippen molar-refractivity contribution in [2.45, 2.75) is 19.9 Å². The van der Waals surface area contributed by atoms with Gasteiger partial charge in [-0.1, -0.05) is 30.3 Å². The maximum Gasteiger partial charge on any atom is 0.280 e. The van der Waals surface area contributed by atoms with Gasteiger partial charge in [-0.3, -0.25) is 9.59 Å². The highest BCUT2D eigenvalue weighted by molar-refractivity contribution is 6.06. The third-order valence-electron chi connectivity index (χ3n) is 4.56. The number of anilines is 3.